The lowest BCUT2D eigenvalue weighted by atomic mass is 9.93. The number of hydrogen-bond acceptors (Lipinski definition) is 3. The van der Waals surface area contributed by atoms with E-state index in [1.54, 1.807) is 11.8 Å². The second kappa shape index (κ2) is 6.39. The Kier molecular flexibility index (Phi) is 4.84. The molecule has 0 aromatic heterocycles. The molecule has 98 valence electrons. The molecule has 1 aromatic rings. The van der Waals surface area contributed by atoms with Gasteiger partial charge in [-0.1, -0.05) is 12.1 Å². The quantitative estimate of drug-likeness (QED) is 0.777. The Balaban J connectivity index is 1.89. The number of rotatable bonds is 4. The minimum absolute atomic E-state index is 0.434. The third-order valence-electron chi connectivity index (χ3n) is 3.73. The van der Waals surface area contributed by atoms with Gasteiger partial charge in [-0.2, -0.15) is 0 Å². The monoisotopic (exact) mass is 263 g/mol. The molecule has 0 amide bonds. The Morgan fingerprint density at radius 1 is 1.22 bits per heavy atom. The fraction of sp³-hybridized carbons (Fsp3) is 0.533. The van der Waals surface area contributed by atoms with Crippen LogP contribution in [0.15, 0.2) is 29.2 Å². The van der Waals surface area contributed by atoms with E-state index in [0.717, 1.165) is 32.2 Å². The van der Waals surface area contributed by atoms with Crippen LogP contribution in [-0.2, 0) is 11.3 Å². The van der Waals surface area contributed by atoms with Crippen LogP contribution in [0.3, 0.4) is 0 Å². The van der Waals surface area contributed by atoms with Gasteiger partial charge in [0.2, 0.25) is 0 Å². The molecular weight excluding hydrogens is 242 g/mol. The fourth-order valence-electron chi connectivity index (χ4n) is 2.51. The topological polar surface area (TPSA) is 20.3 Å². The molecule has 1 aliphatic carbocycles. The smallest absolute Gasteiger partial charge is 0.133 e. The highest BCUT2D eigenvalue weighted by Gasteiger charge is 2.21. The van der Waals surface area contributed by atoms with Crippen molar-refractivity contribution in [3.05, 3.63) is 29.8 Å². The normalized spacial score (nSPS) is 17.4. The first-order valence-electron chi connectivity index (χ1n) is 6.54. The molecule has 3 heteroatoms. The van der Waals surface area contributed by atoms with Crippen molar-refractivity contribution in [1.82, 2.24) is 4.90 Å². The number of Topliss-reactive ketones (excluding diaryl/α,β-unsaturated/α-hetero) is 1. The second-order valence-electron chi connectivity index (χ2n) is 5.03. The van der Waals surface area contributed by atoms with Crippen LogP contribution < -0.4 is 0 Å². The second-order valence-corrected chi connectivity index (χ2v) is 5.91. The van der Waals surface area contributed by atoms with E-state index in [1.165, 1.54) is 10.5 Å². The molecule has 0 spiro atoms. The van der Waals surface area contributed by atoms with Crippen LogP contribution in [0.2, 0.25) is 0 Å². The predicted molar refractivity (Wildman–Crippen MR) is 77.0 cm³/mol. The maximum Gasteiger partial charge on any atom is 0.133 e. The summed E-state index contributed by atoms with van der Waals surface area (Å²) in [5.74, 6) is 0.434. The van der Waals surface area contributed by atoms with Crippen LogP contribution in [0.25, 0.3) is 0 Å². The van der Waals surface area contributed by atoms with Gasteiger partial charge in [-0.15, -0.1) is 11.8 Å². The standard InChI is InChI=1S/C15H21NOS/c1-16(13-5-7-14(17)8-6-13)11-12-3-9-15(18-2)10-4-12/h3-4,9-10,13H,5-8,11H2,1-2H3. The largest absolute Gasteiger partial charge is 0.300 e. The van der Waals surface area contributed by atoms with E-state index in [-0.39, 0.29) is 0 Å². The van der Waals surface area contributed by atoms with Gasteiger partial charge in [0.1, 0.15) is 5.78 Å². The van der Waals surface area contributed by atoms with Crippen molar-refractivity contribution in [1.29, 1.82) is 0 Å². The molecule has 0 bridgehead atoms. The number of carbonyl (C=O) groups excluding carboxylic acids is 1. The molecule has 2 rings (SSSR count). The number of ketones is 1. The van der Waals surface area contributed by atoms with Crippen LogP contribution in [0.4, 0.5) is 0 Å². The molecule has 0 aliphatic heterocycles. The molecule has 1 fully saturated rings. The first kappa shape index (κ1) is 13.6. The van der Waals surface area contributed by atoms with E-state index in [1.807, 2.05) is 0 Å². The average molecular weight is 263 g/mol. The van der Waals surface area contributed by atoms with E-state index >= 15 is 0 Å². The highest BCUT2D eigenvalue weighted by Crippen LogP contribution is 2.22. The lowest BCUT2D eigenvalue weighted by Crippen LogP contribution is -2.34. The summed E-state index contributed by atoms with van der Waals surface area (Å²) >= 11 is 1.77. The van der Waals surface area contributed by atoms with Gasteiger partial charge in [-0.3, -0.25) is 9.69 Å². The summed E-state index contributed by atoms with van der Waals surface area (Å²) in [4.78, 5) is 14.9. The van der Waals surface area contributed by atoms with Crippen molar-refractivity contribution in [3.8, 4) is 0 Å². The number of thioether (sulfide) groups is 1. The van der Waals surface area contributed by atoms with Gasteiger partial charge in [0.15, 0.2) is 0 Å². The molecule has 2 nitrogen and oxygen atoms in total. The lowest BCUT2D eigenvalue weighted by molar-refractivity contribution is -0.121. The molecule has 0 N–H and O–H groups in total. The fourth-order valence-corrected chi connectivity index (χ4v) is 2.92. The minimum atomic E-state index is 0.434. The Morgan fingerprint density at radius 3 is 2.39 bits per heavy atom. The molecule has 0 unspecified atom stereocenters. The Labute approximate surface area is 114 Å². The first-order chi connectivity index (χ1) is 8.69. The third-order valence-corrected chi connectivity index (χ3v) is 4.47. The van der Waals surface area contributed by atoms with Crippen molar-refractivity contribution in [2.45, 2.75) is 43.2 Å². The van der Waals surface area contributed by atoms with Crippen molar-refractivity contribution < 1.29 is 4.79 Å². The maximum absolute atomic E-state index is 11.2. The van der Waals surface area contributed by atoms with E-state index in [4.69, 9.17) is 0 Å². The molecule has 1 aromatic carbocycles. The van der Waals surface area contributed by atoms with Crippen LogP contribution in [0.1, 0.15) is 31.2 Å². The van der Waals surface area contributed by atoms with Crippen LogP contribution in [-0.4, -0.2) is 30.0 Å². The Morgan fingerprint density at radius 2 is 1.83 bits per heavy atom. The van der Waals surface area contributed by atoms with Gasteiger partial charge in [0.25, 0.3) is 0 Å². The first-order valence-corrected chi connectivity index (χ1v) is 7.76. The van der Waals surface area contributed by atoms with Gasteiger partial charge in [0.05, 0.1) is 0 Å². The Hall–Kier alpha value is -0.800. The zero-order valence-electron chi connectivity index (χ0n) is 11.2. The number of benzene rings is 1. The van der Waals surface area contributed by atoms with Crippen LogP contribution in [0, 0.1) is 0 Å². The predicted octanol–water partition coefficient (Wildman–Crippen LogP) is 3.35. The lowest BCUT2D eigenvalue weighted by Gasteiger charge is -2.30. The molecule has 0 radical (unpaired) electrons. The number of nitrogens with zero attached hydrogens (tertiary/aromatic N) is 1. The maximum atomic E-state index is 11.2. The van der Waals surface area contributed by atoms with Gasteiger partial charge in [-0.05, 0) is 43.8 Å². The van der Waals surface area contributed by atoms with Crippen LogP contribution >= 0.6 is 11.8 Å². The highest BCUT2D eigenvalue weighted by molar-refractivity contribution is 7.98. The van der Waals surface area contributed by atoms with E-state index in [9.17, 15) is 4.79 Å². The average Bonchev–Trinajstić information content (AvgIpc) is 2.40. The summed E-state index contributed by atoms with van der Waals surface area (Å²) in [6.07, 6.45) is 5.68. The number of hydrogen-bond donors (Lipinski definition) is 0. The van der Waals surface area contributed by atoms with Gasteiger partial charge < -0.3 is 0 Å². The summed E-state index contributed by atoms with van der Waals surface area (Å²) in [5, 5.41) is 0. The van der Waals surface area contributed by atoms with Gasteiger partial charge in [0, 0.05) is 30.3 Å². The van der Waals surface area contributed by atoms with Crippen LogP contribution in [0.5, 0.6) is 0 Å². The molecule has 18 heavy (non-hydrogen) atoms. The molecule has 1 saturated carbocycles. The third kappa shape index (κ3) is 3.59. The van der Waals surface area contributed by atoms with Crippen molar-refractivity contribution in [2.75, 3.05) is 13.3 Å². The van der Waals surface area contributed by atoms with Gasteiger partial charge >= 0.3 is 0 Å². The summed E-state index contributed by atoms with van der Waals surface area (Å²) in [5.41, 5.74) is 1.35. The van der Waals surface area contributed by atoms with Gasteiger partial charge in [-0.25, -0.2) is 0 Å². The van der Waals surface area contributed by atoms with E-state index < -0.39 is 0 Å². The van der Waals surface area contributed by atoms with Crippen molar-refractivity contribution in [2.24, 2.45) is 0 Å². The molecular formula is C15H21NOS. The molecule has 0 saturated heterocycles. The molecule has 0 atom stereocenters. The molecule has 1 aliphatic rings. The van der Waals surface area contributed by atoms with E-state index in [0.29, 0.717) is 11.8 Å². The van der Waals surface area contributed by atoms with E-state index in [2.05, 4.69) is 42.5 Å². The summed E-state index contributed by atoms with van der Waals surface area (Å²) < 4.78 is 0. The Bertz CT molecular complexity index is 391. The minimum Gasteiger partial charge on any atom is -0.300 e. The SMILES string of the molecule is CSc1ccc(CN(C)C2CCC(=O)CC2)cc1. The van der Waals surface area contributed by atoms with Crippen molar-refractivity contribution >= 4 is 17.5 Å². The zero-order chi connectivity index (χ0) is 13.0. The number of carbonyl (C=O) groups is 1. The molecule has 0 heterocycles. The highest BCUT2D eigenvalue weighted by atomic mass is 32.2. The van der Waals surface area contributed by atoms with Crippen molar-refractivity contribution in [3.63, 3.8) is 0 Å². The summed E-state index contributed by atoms with van der Waals surface area (Å²) in [6, 6.07) is 9.34. The zero-order valence-corrected chi connectivity index (χ0v) is 12.0. The summed E-state index contributed by atoms with van der Waals surface area (Å²) in [6.45, 7) is 0.980. The summed E-state index contributed by atoms with van der Waals surface area (Å²) in [7, 11) is 2.17.